The molecule has 0 aromatic heterocycles. The van der Waals surface area contributed by atoms with Gasteiger partial charge in [-0.2, -0.15) is 11.8 Å². The molecule has 94 valence electrons. The zero-order valence-corrected chi connectivity index (χ0v) is 11.9. The molecule has 1 aromatic rings. The summed E-state index contributed by atoms with van der Waals surface area (Å²) in [6, 6.07) is 10.4. The van der Waals surface area contributed by atoms with E-state index in [1.165, 1.54) is 29.1 Å². The molecule has 2 atom stereocenters. The van der Waals surface area contributed by atoms with E-state index in [9.17, 15) is 0 Å². The van der Waals surface area contributed by atoms with Crippen LogP contribution in [0, 0.1) is 0 Å². The van der Waals surface area contributed by atoms with Crippen molar-refractivity contribution in [2.45, 2.75) is 45.2 Å². The average Bonchev–Trinajstić information content (AvgIpc) is 2.39. The van der Waals surface area contributed by atoms with Gasteiger partial charge >= 0.3 is 0 Å². The molecule has 1 aliphatic heterocycles. The molecule has 2 rings (SSSR count). The molecule has 2 unspecified atom stereocenters. The molecule has 0 radical (unpaired) electrons. The molecular weight excluding hydrogens is 226 g/mol. The quantitative estimate of drug-likeness (QED) is 0.870. The molecule has 0 spiro atoms. The van der Waals surface area contributed by atoms with Crippen LogP contribution in [-0.2, 0) is 0 Å². The van der Waals surface area contributed by atoms with Crippen LogP contribution in [0.1, 0.15) is 50.3 Å². The molecule has 1 fully saturated rings. The number of nitrogens with one attached hydrogen (secondary N) is 1. The molecule has 0 saturated carbocycles. The lowest BCUT2D eigenvalue weighted by Crippen LogP contribution is -2.39. The summed E-state index contributed by atoms with van der Waals surface area (Å²) in [5.74, 6) is 3.09. The second-order valence-electron chi connectivity index (χ2n) is 5.18. The maximum atomic E-state index is 3.75. The molecule has 1 saturated heterocycles. The van der Waals surface area contributed by atoms with Crippen molar-refractivity contribution in [2.24, 2.45) is 0 Å². The highest BCUT2D eigenvalue weighted by molar-refractivity contribution is 7.99. The van der Waals surface area contributed by atoms with Crippen LogP contribution < -0.4 is 5.32 Å². The van der Waals surface area contributed by atoms with Crippen LogP contribution in [0.25, 0.3) is 0 Å². The maximum Gasteiger partial charge on any atom is 0.0414 e. The minimum atomic E-state index is 0.542. The van der Waals surface area contributed by atoms with Crippen molar-refractivity contribution in [1.82, 2.24) is 5.32 Å². The van der Waals surface area contributed by atoms with Crippen LogP contribution in [0.15, 0.2) is 24.3 Å². The average molecular weight is 249 g/mol. The summed E-state index contributed by atoms with van der Waals surface area (Å²) in [6.45, 7) is 6.76. The van der Waals surface area contributed by atoms with E-state index in [0.29, 0.717) is 18.0 Å². The highest BCUT2D eigenvalue weighted by Gasteiger charge is 2.21. The highest BCUT2D eigenvalue weighted by atomic mass is 32.2. The number of hydrogen-bond donors (Lipinski definition) is 1. The fourth-order valence-corrected chi connectivity index (χ4v) is 3.53. The third-order valence-electron chi connectivity index (χ3n) is 3.54. The number of thioether (sulfide) groups is 1. The van der Waals surface area contributed by atoms with Gasteiger partial charge in [0.1, 0.15) is 0 Å². The molecule has 1 heterocycles. The number of hydrogen-bond acceptors (Lipinski definition) is 2. The van der Waals surface area contributed by atoms with Gasteiger partial charge in [-0.15, -0.1) is 0 Å². The van der Waals surface area contributed by atoms with Crippen LogP contribution in [0.3, 0.4) is 0 Å². The van der Waals surface area contributed by atoms with Crippen LogP contribution in [0.4, 0.5) is 0 Å². The topological polar surface area (TPSA) is 12.0 Å². The standard InChI is InChI=1S/C15H23NS/c1-4-14-9-17-10-15(16-14)13-7-5-12(6-8-13)11(2)3/h5-8,11,14-16H,4,9-10H2,1-3H3. The van der Waals surface area contributed by atoms with Crippen molar-refractivity contribution >= 4 is 11.8 Å². The molecule has 0 amide bonds. The lowest BCUT2D eigenvalue weighted by molar-refractivity contribution is 0.466. The number of rotatable bonds is 3. The van der Waals surface area contributed by atoms with E-state index in [-0.39, 0.29) is 0 Å². The Morgan fingerprint density at radius 2 is 1.94 bits per heavy atom. The predicted octanol–water partition coefficient (Wildman–Crippen LogP) is 3.97. The molecule has 1 aromatic carbocycles. The highest BCUT2D eigenvalue weighted by Crippen LogP contribution is 2.26. The van der Waals surface area contributed by atoms with Crippen molar-refractivity contribution in [2.75, 3.05) is 11.5 Å². The third kappa shape index (κ3) is 3.26. The van der Waals surface area contributed by atoms with E-state index in [1.54, 1.807) is 0 Å². The van der Waals surface area contributed by atoms with Gasteiger partial charge in [-0.05, 0) is 23.5 Å². The summed E-state index contributed by atoms with van der Waals surface area (Å²) in [4.78, 5) is 0. The smallest absolute Gasteiger partial charge is 0.0414 e. The molecule has 1 aliphatic rings. The second kappa shape index (κ2) is 5.92. The van der Waals surface area contributed by atoms with Crippen molar-refractivity contribution in [1.29, 1.82) is 0 Å². The molecule has 1 N–H and O–H groups in total. The Kier molecular flexibility index (Phi) is 4.52. The fraction of sp³-hybridized carbons (Fsp3) is 0.600. The molecule has 1 nitrogen and oxygen atoms in total. The van der Waals surface area contributed by atoms with Gasteiger partial charge in [0.25, 0.3) is 0 Å². The first-order valence-corrected chi connectivity index (χ1v) is 7.79. The Bertz CT molecular complexity index is 344. The van der Waals surface area contributed by atoms with Crippen LogP contribution in [-0.4, -0.2) is 17.5 Å². The third-order valence-corrected chi connectivity index (χ3v) is 4.75. The first-order valence-electron chi connectivity index (χ1n) is 6.64. The van der Waals surface area contributed by atoms with Gasteiger partial charge < -0.3 is 5.32 Å². The van der Waals surface area contributed by atoms with Gasteiger partial charge in [-0.1, -0.05) is 45.0 Å². The van der Waals surface area contributed by atoms with E-state index in [0.717, 1.165) is 0 Å². The lowest BCUT2D eigenvalue weighted by Gasteiger charge is -2.30. The molecular formula is C15H23NS. The zero-order chi connectivity index (χ0) is 12.3. The van der Waals surface area contributed by atoms with E-state index < -0.39 is 0 Å². The molecule has 2 heteroatoms. The fourth-order valence-electron chi connectivity index (χ4n) is 2.25. The Balaban J connectivity index is 2.06. The van der Waals surface area contributed by atoms with Crippen molar-refractivity contribution in [3.05, 3.63) is 35.4 Å². The first-order chi connectivity index (χ1) is 8.20. The Labute approximate surface area is 109 Å². The molecule has 17 heavy (non-hydrogen) atoms. The molecule has 0 bridgehead atoms. The van der Waals surface area contributed by atoms with Gasteiger partial charge in [-0.25, -0.2) is 0 Å². The van der Waals surface area contributed by atoms with Crippen molar-refractivity contribution < 1.29 is 0 Å². The van der Waals surface area contributed by atoms with Crippen LogP contribution in [0.5, 0.6) is 0 Å². The van der Waals surface area contributed by atoms with E-state index in [1.807, 2.05) is 0 Å². The van der Waals surface area contributed by atoms with Gasteiger partial charge in [0.2, 0.25) is 0 Å². The van der Waals surface area contributed by atoms with Gasteiger partial charge in [0, 0.05) is 23.6 Å². The van der Waals surface area contributed by atoms with Crippen molar-refractivity contribution in [3.8, 4) is 0 Å². The van der Waals surface area contributed by atoms with E-state index >= 15 is 0 Å². The Morgan fingerprint density at radius 3 is 2.53 bits per heavy atom. The summed E-state index contributed by atoms with van der Waals surface area (Å²) < 4.78 is 0. The van der Waals surface area contributed by atoms with Crippen LogP contribution in [0.2, 0.25) is 0 Å². The molecule has 0 aliphatic carbocycles. The van der Waals surface area contributed by atoms with Gasteiger partial charge in [0.05, 0.1) is 0 Å². The second-order valence-corrected chi connectivity index (χ2v) is 6.26. The lowest BCUT2D eigenvalue weighted by atomic mass is 9.99. The largest absolute Gasteiger partial charge is 0.306 e. The minimum absolute atomic E-state index is 0.542. The summed E-state index contributed by atoms with van der Waals surface area (Å²) in [7, 11) is 0. The van der Waals surface area contributed by atoms with Gasteiger partial charge in [0.15, 0.2) is 0 Å². The van der Waals surface area contributed by atoms with Crippen molar-refractivity contribution in [3.63, 3.8) is 0 Å². The summed E-state index contributed by atoms with van der Waals surface area (Å²) >= 11 is 2.08. The summed E-state index contributed by atoms with van der Waals surface area (Å²) in [5.41, 5.74) is 2.88. The first kappa shape index (κ1) is 13.0. The van der Waals surface area contributed by atoms with Gasteiger partial charge in [-0.3, -0.25) is 0 Å². The number of benzene rings is 1. The summed E-state index contributed by atoms with van der Waals surface area (Å²) in [5, 5.41) is 3.75. The maximum absolute atomic E-state index is 3.75. The monoisotopic (exact) mass is 249 g/mol. The predicted molar refractivity (Wildman–Crippen MR) is 77.8 cm³/mol. The summed E-state index contributed by atoms with van der Waals surface area (Å²) in [6.07, 6.45) is 1.23. The van der Waals surface area contributed by atoms with E-state index in [4.69, 9.17) is 0 Å². The SMILES string of the molecule is CCC1CSCC(c2ccc(C(C)C)cc2)N1. The van der Waals surface area contributed by atoms with E-state index in [2.05, 4.69) is 62.1 Å². The Morgan fingerprint density at radius 1 is 1.24 bits per heavy atom. The minimum Gasteiger partial charge on any atom is -0.306 e. The Hall–Kier alpha value is -0.470. The zero-order valence-electron chi connectivity index (χ0n) is 11.1. The van der Waals surface area contributed by atoms with Crippen LogP contribution >= 0.6 is 11.8 Å². The normalized spacial score (nSPS) is 25.2.